The Morgan fingerprint density at radius 2 is 1.64 bits per heavy atom. The van der Waals surface area contributed by atoms with Crippen molar-refractivity contribution in [3.8, 4) is 0 Å². The van der Waals surface area contributed by atoms with E-state index in [0.29, 0.717) is 0 Å². The Bertz CT molecular complexity index is 548. The third-order valence-corrected chi connectivity index (χ3v) is 4.37. The maximum Gasteiger partial charge on any atom is 0.343 e. The molecule has 0 spiro atoms. The van der Waals surface area contributed by atoms with Gasteiger partial charge in [0, 0.05) is 17.5 Å². The number of fused-ring (bicyclic) bond motifs is 1. The standard InChI is InChI=1S/C18H27NO3/c1-2-22-18(21)15-13-19-16-12-10-8-6-4-3-5-7-9-11-14(16)17(15)20/h13H,2-12H2,1H3,(H,19,20). The van der Waals surface area contributed by atoms with Crippen molar-refractivity contribution in [3.63, 3.8) is 0 Å². The van der Waals surface area contributed by atoms with Crippen LogP contribution < -0.4 is 5.43 Å². The number of nitrogens with one attached hydrogen (secondary N) is 1. The Balaban J connectivity index is 2.25. The monoisotopic (exact) mass is 305 g/mol. The number of aromatic nitrogens is 1. The van der Waals surface area contributed by atoms with Crippen LogP contribution in [0, 0.1) is 0 Å². The summed E-state index contributed by atoms with van der Waals surface area (Å²) in [5.41, 5.74) is 1.82. The summed E-state index contributed by atoms with van der Waals surface area (Å²) in [5.74, 6) is -0.516. The molecule has 1 aliphatic rings. The van der Waals surface area contributed by atoms with Crippen LogP contribution in [0.5, 0.6) is 0 Å². The summed E-state index contributed by atoms with van der Waals surface area (Å²) < 4.78 is 4.98. The van der Waals surface area contributed by atoms with E-state index >= 15 is 0 Å². The zero-order valence-corrected chi connectivity index (χ0v) is 13.6. The van der Waals surface area contributed by atoms with E-state index in [2.05, 4.69) is 4.98 Å². The lowest BCUT2D eigenvalue weighted by molar-refractivity contribution is 0.0524. The number of rotatable bonds is 2. The Hall–Kier alpha value is -1.58. The largest absolute Gasteiger partial charge is 0.462 e. The summed E-state index contributed by atoms with van der Waals surface area (Å²) >= 11 is 0. The molecule has 1 aliphatic carbocycles. The lowest BCUT2D eigenvalue weighted by atomic mass is 9.97. The molecule has 0 fully saturated rings. The molecular weight excluding hydrogens is 278 g/mol. The van der Waals surface area contributed by atoms with Gasteiger partial charge in [0.2, 0.25) is 0 Å². The van der Waals surface area contributed by atoms with E-state index in [9.17, 15) is 9.59 Å². The third kappa shape index (κ3) is 4.46. The molecule has 1 heterocycles. The molecule has 0 aromatic carbocycles. The molecule has 2 rings (SSSR count). The number of carbonyl (C=O) groups is 1. The van der Waals surface area contributed by atoms with Gasteiger partial charge >= 0.3 is 5.97 Å². The number of esters is 1. The Kier molecular flexibility index (Phi) is 6.69. The summed E-state index contributed by atoms with van der Waals surface area (Å²) in [6.07, 6.45) is 12.8. The summed E-state index contributed by atoms with van der Waals surface area (Å²) in [6.45, 7) is 2.04. The first-order chi connectivity index (χ1) is 10.7. The van der Waals surface area contributed by atoms with Gasteiger partial charge < -0.3 is 9.72 Å². The molecule has 0 unspecified atom stereocenters. The van der Waals surface area contributed by atoms with Gasteiger partial charge in [0.25, 0.3) is 0 Å². The number of hydrogen-bond donors (Lipinski definition) is 1. The van der Waals surface area contributed by atoms with Crippen LogP contribution >= 0.6 is 0 Å². The van der Waals surface area contributed by atoms with E-state index in [4.69, 9.17) is 4.74 Å². The summed E-state index contributed by atoms with van der Waals surface area (Å²) in [5, 5.41) is 0. The Morgan fingerprint density at radius 1 is 1.05 bits per heavy atom. The summed E-state index contributed by atoms with van der Waals surface area (Å²) in [4.78, 5) is 27.7. The quantitative estimate of drug-likeness (QED) is 0.846. The van der Waals surface area contributed by atoms with Gasteiger partial charge in [0.1, 0.15) is 5.56 Å². The van der Waals surface area contributed by atoms with Crippen LogP contribution in [0.3, 0.4) is 0 Å². The van der Waals surface area contributed by atoms with Crippen molar-refractivity contribution in [1.82, 2.24) is 4.98 Å². The maximum absolute atomic E-state index is 12.6. The fourth-order valence-electron chi connectivity index (χ4n) is 3.12. The van der Waals surface area contributed by atoms with Crippen molar-refractivity contribution in [1.29, 1.82) is 0 Å². The van der Waals surface area contributed by atoms with Crippen LogP contribution in [0.2, 0.25) is 0 Å². The maximum atomic E-state index is 12.6. The number of ether oxygens (including phenoxy) is 1. The predicted molar refractivity (Wildman–Crippen MR) is 87.4 cm³/mol. The highest BCUT2D eigenvalue weighted by Crippen LogP contribution is 2.16. The molecule has 0 radical (unpaired) electrons. The van der Waals surface area contributed by atoms with E-state index in [1.807, 2.05) is 0 Å². The first-order valence-corrected chi connectivity index (χ1v) is 8.64. The summed E-state index contributed by atoms with van der Waals surface area (Å²) in [7, 11) is 0. The van der Waals surface area contributed by atoms with E-state index in [0.717, 1.165) is 43.4 Å². The molecule has 22 heavy (non-hydrogen) atoms. The molecule has 4 nitrogen and oxygen atoms in total. The molecule has 0 atom stereocenters. The smallest absolute Gasteiger partial charge is 0.343 e. The highest BCUT2D eigenvalue weighted by molar-refractivity contribution is 5.89. The highest BCUT2D eigenvalue weighted by atomic mass is 16.5. The van der Waals surface area contributed by atoms with Crippen LogP contribution in [0.4, 0.5) is 0 Å². The zero-order chi connectivity index (χ0) is 15.8. The van der Waals surface area contributed by atoms with Crippen molar-refractivity contribution in [3.05, 3.63) is 33.2 Å². The molecule has 0 bridgehead atoms. The zero-order valence-electron chi connectivity index (χ0n) is 13.6. The number of aromatic amines is 1. The van der Waals surface area contributed by atoms with Crippen LogP contribution in [0.1, 0.15) is 79.9 Å². The van der Waals surface area contributed by atoms with Crippen LogP contribution in [-0.2, 0) is 17.6 Å². The number of hydrogen-bond acceptors (Lipinski definition) is 3. The third-order valence-electron chi connectivity index (χ3n) is 4.37. The van der Waals surface area contributed by atoms with E-state index in [1.165, 1.54) is 38.3 Å². The molecule has 0 aliphatic heterocycles. The minimum absolute atomic E-state index is 0.135. The Labute approximate surface area is 132 Å². The number of H-pyrrole nitrogens is 1. The molecule has 0 saturated carbocycles. The van der Waals surface area contributed by atoms with Crippen LogP contribution in [0.25, 0.3) is 0 Å². The van der Waals surface area contributed by atoms with Gasteiger partial charge in [-0.15, -0.1) is 0 Å². The minimum atomic E-state index is -0.516. The van der Waals surface area contributed by atoms with Gasteiger partial charge in [-0.1, -0.05) is 38.5 Å². The van der Waals surface area contributed by atoms with E-state index in [1.54, 1.807) is 6.92 Å². The van der Waals surface area contributed by atoms with Gasteiger partial charge in [-0.3, -0.25) is 4.79 Å². The van der Waals surface area contributed by atoms with Crippen molar-refractivity contribution in [2.75, 3.05) is 6.61 Å². The first kappa shape index (κ1) is 16.8. The molecule has 1 aromatic heterocycles. The predicted octanol–water partition coefficient (Wildman–Crippen LogP) is 3.77. The van der Waals surface area contributed by atoms with E-state index < -0.39 is 5.97 Å². The van der Waals surface area contributed by atoms with Gasteiger partial charge in [0.05, 0.1) is 6.61 Å². The fraction of sp³-hybridized carbons (Fsp3) is 0.667. The average molecular weight is 305 g/mol. The number of pyridine rings is 1. The first-order valence-electron chi connectivity index (χ1n) is 8.64. The van der Waals surface area contributed by atoms with Crippen molar-refractivity contribution in [2.24, 2.45) is 0 Å². The lowest BCUT2D eigenvalue weighted by Gasteiger charge is -2.12. The number of aryl methyl sites for hydroxylation is 1. The molecule has 1 aromatic rings. The van der Waals surface area contributed by atoms with Crippen molar-refractivity contribution >= 4 is 5.97 Å². The summed E-state index contributed by atoms with van der Waals surface area (Å²) in [6, 6.07) is 0. The number of carbonyl (C=O) groups excluding carboxylic acids is 1. The average Bonchev–Trinajstić information content (AvgIpc) is 2.49. The van der Waals surface area contributed by atoms with Crippen molar-refractivity contribution < 1.29 is 9.53 Å². The fourth-order valence-corrected chi connectivity index (χ4v) is 3.12. The van der Waals surface area contributed by atoms with Crippen LogP contribution in [-0.4, -0.2) is 17.6 Å². The minimum Gasteiger partial charge on any atom is -0.462 e. The SMILES string of the molecule is CCOC(=O)c1c[nH]c2c(c1=O)CCCCCCCCCC2. The lowest BCUT2D eigenvalue weighted by Crippen LogP contribution is -2.23. The molecular formula is C18H27NO3. The second-order valence-corrected chi connectivity index (χ2v) is 6.04. The molecule has 1 N–H and O–H groups in total. The Morgan fingerprint density at radius 3 is 2.27 bits per heavy atom. The normalized spacial score (nSPS) is 17.0. The van der Waals surface area contributed by atoms with Crippen LogP contribution in [0.15, 0.2) is 11.0 Å². The topological polar surface area (TPSA) is 59.2 Å². The van der Waals surface area contributed by atoms with Gasteiger partial charge in [0.15, 0.2) is 5.43 Å². The van der Waals surface area contributed by atoms with Gasteiger partial charge in [-0.05, 0) is 32.6 Å². The van der Waals surface area contributed by atoms with Gasteiger partial charge in [-0.2, -0.15) is 0 Å². The highest BCUT2D eigenvalue weighted by Gasteiger charge is 2.17. The molecule has 0 amide bonds. The van der Waals surface area contributed by atoms with Gasteiger partial charge in [-0.25, -0.2) is 4.79 Å². The second-order valence-electron chi connectivity index (χ2n) is 6.04. The molecule has 122 valence electrons. The van der Waals surface area contributed by atoms with E-state index in [-0.39, 0.29) is 17.6 Å². The van der Waals surface area contributed by atoms with Crippen molar-refractivity contribution in [2.45, 2.75) is 71.1 Å². The molecule has 0 saturated heterocycles. The molecule has 4 heteroatoms. The second kappa shape index (κ2) is 8.76.